The molecule has 14 heavy (non-hydrogen) atoms. The molecule has 0 bridgehead atoms. The Bertz CT molecular complexity index is 291. The maximum Gasteiger partial charge on any atom is 0.0531 e. The zero-order valence-electron chi connectivity index (χ0n) is 7.74. The van der Waals surface area contributed by atoms with Gasteiger partial charge in [-0.15, -0.1) is 23.2 Å². The molecule has 0 aromatic carbocycles. The molecule has 1 aliphatic carbocycles. The van der Waals surface area contributed by atoms with E-state index in [2.05, 4.69) is 10.2 Å². The molecule has 0 N–H and O–H groups in total. The highest BCUT2D eigenvalue weighted by Crippen LogP contribution is 2.38. The van der Waals surface area contributed by atoms with Gasteiger partial charge in [0.1, 0.15) is 0 Å². The van der Waals surface area contributed by atoms with Gasteiger partial charge in [-0.05, 0) is 30.9 Å². The second-order valence-corrected chi connectivity index (χ2v) is 4.89. The largest absolute Gasteiger partial charge is 0.159 e. The average molecular weight is 231 g/mol. The van der Waals surface area contributed by atoms with Gasteiger partial charge in [-0.3, -0.25) is 0 Å². The van der Waals surface area contributed by atoms with Crippen LogP contribution in [0.15, 0.2) is 18.5 Å². The zero-order chi connectivity index (χ0) is 9.97. The van der Waals surface area contributed by atoms with Crippen molar-refractivity contribution in [3.05, 3.63) is 24.0 Å². The summed E-state index contributed by atoms with van der Waals surface area (Å²) in [5.41, 5.74) is 1.16. The van der Waals surface area contributed by atoms with Gasteiger partial charge in [0.05, 0.1) is 6.20 Å². The summed E-state index contributed by atoms with van der Waals surface area (Å²) >= 11 is 12.4. The smallest absolute Gasteiger partial charge is 0.0531 e. The maximum atomic E-state index is 6.28. The summed E-state index contributed by atoms with van der Waals surface area (Å²) in [4.78, 5) is 0. The van der Waals surface area contributed by atoms with E-state index < -0.39 is 0 Å². The van der Waals surface area contributed by atoms with Crippen molar-refractivity contribution in [1.29, 1.82) is 0 Å². The second kappa shape index (κ2) is 4.45. The minimum atomic E-state index is 0.189. The number of halogens is 2. The number of hydrogen-bond acceptors (Lipinski definition) is 2. The minimum Gasteiger partial charge on any atom is -0.159 e. The van der Waals surface area contributed by atoms with Crippen LogP contribution in [0.1, 0.15) is 30.7 Å². The van der Waals surface area contributed by atoms with Crippen LogP contribution in [0.5, 0.6) is 0 Å². The van der Waals surface area contributed by atoms with Crippen molar-refractivity contribution in [2.24, 2.45) is 0 Å². The van der Waals surface area contributed by atoms with Gasteiger partial charge < -0.3 is 0 Å². The number of nitrogens with zero attached hydrogens (tertiary/aromatic N) is 2. The average Bonchev–Trinajstić information content (AvgIpc) is 2.23. The Morgan fingerprint density at radius 1 is 1.21 bits per heavy atom. The van der Waals surface area contributed by atoms with Crippen molar-refractivity contribution in [3.63, 3.8) is 0 Å². The number of aromatic nitrogens is 2. The van der Waals surface area contributed by atoms with Gasteiger partial charge in [0.2, 0.25) is 0 Å². The molecule has 1 saturated carbocycles. The van der Waals surface area contributed by atoms with Crippen molar-refractivity contribution < 1.29 is 0 Å². The molecule has 0 amide bonds. The lowest BCUT2D eigenvalue weighted by atomic mass is 9.84. The van der Waals surface area contributed by atoms with Crippen molar-refractivity contribution in [3.8, 4) is 0 Å². The highest BCUT2D eigenvalue weighted by atomic mass is 35.5. The lowest BCUT2D eigenvalue weighted by molar-refractivity contribution is 0.455. The van der Waals surface area contributed by atoms with Gasteiger partial charge in [-0.25, -0.2) is 0 Å². The topological polar surface area (TPSA) is 25.8 Å². The van der Waals surface area contributed by atoms with E-state index in [0.717, 1.165) is 24.8 Å². The number of hydrogen-bond donors (Lipinski definition) is 0. The zero-order valence-corrected chi connectivity index (χ0v) is 9.25. The van der Waals surface area contributed by atoms with Crippen LogP contribution >= 0.6 is 23.2 Å². The van der Waals surface area contributed by atoms with E-state index in [-0.39, 0.29) is 10.8 Å². The Kier molecular flexibility index (Phi) is 3.24. The van der Waals surface area contributed by atoms with Gasteiger partial charge in [0.15, 0.2) is 0 Å². The molecule has 0 spiro atoms. The molecule has 4 heteroatoms. The molecule has 0 aliphatic heterocycles. The van der Waals surface area contributed by atoms with Crippen LogP contribution in [0.3, 0.4) is 0 Å². The van der Waals surface area contributed by atoms with E-state index >= 15 is 0 Å². The van der Waals surface area contributed by atoms with E-state index in [9.17, 15) is 0 Å². The summed E-state index contributed by atoms with van der Waals surface area (Å²) in [7, 11) is 0. The standard InChI is InChI=1S/C10H12Cl2N2/c11-8-1-2-10(12)9(5-8)7-3-4-13-14-6-7/h3-4,6,8-10H,1-2,5H2. The molecule has 3 atom stereocenters. The molecule has 0 radical (unpaired) electrons. The summed E-state index contributed by atoms with van der Waals surface area (Å²) in [5.74, 6) is 0.336. The molecule has 1 aliphatic rings. The molecule has 3 unspecified atom stereocenters. The summed E-state index contributed by atoms with van der Waals surface area (Å²) in [6.45, 7) is 0. The lowest BCUT2D eigenvalue weighted by Gasteiger charge is -2.29. The summed E-state index contributed by atoms with van der Waals surface area (Å²) in [6.07, 6.45) is 6.45. The molecular weight excluding hydrogens is 219 g/mol. The third kappa shape index (κ3) is 2.18. The van der Waals surface area contributed by atoms with Crippen molar-refractivity contribution in [2.45, 2.75) is 35.9 Å². The van der Waals surface area contributed by atoms with E-state index in [1.165, 1.54) is 0 Å². The Labute approximate surface area is 93.6 Å². The van der Waals surface area contributed by atoms with Crippen molar-refractivity contribution >= 4 is 23.2 Å². The summed E-state index contributed by atoms with van der Waals surface area (Å²) in [5, 5.41) is 8.07. The molecule has 76 valence electrons. The fourth-order valence-corrected chi connectivity index (χ4v) is 2.64. The predicted octanol–water partition coefficient (Wildman–Crippen LogP) is 2.96. The first-order valence-corrected chi connectivity index (χ1v) is 5.69. The van der Waals surface area contributed by atoms with Gasteiger partial charge in [0, 0.05) is 22.9 Å². The van der Waals surface area contributed by atoms with Gasteiger partial charge in [-0.2, -0.15) is 10.2 Å². The molecule has 2 nitrogen and oxygen atoms in total. The van der Waals surface area contributed by atoms with E-state index in [0.29, 0.717) is 5.92 Å². The lowest BCUT2D eigenvalue weighted by Crippen LogP contribution is -2.24. The molecule has 0 saturated heterocycles. The molecule has 2 rings (SSSR count). The summed E-state index contributed by atoms with van der Waals surface area (Å²) < 4.78 is 0. The molecule has 1 fully saturated rings. The summed E-state index contributed by atoms with van der Waals surface area (Å²) in [6, 6.07) is 1.97. The quantitative estimate of drug-likeness (QED) is 0.694. The maximum absolute atomic E-state index is 6.28. The Morgan fingerprint density at radius 3 is 2.79 bits per heavy atom. The predicted molar refractivity (Wildman–Crippen MR) is 57.9 cm³/mol. The Hall–Kier alpha value is -0.340. The molecule has 1 heterocycles. The highest BCUT2D eigenvalue weighted by Gasteiger charge is 2.29. The van der Waals surface area contributed by atoms with Crippen LogP contribution in [0.4, 0.5) is 0 Å². The Morgan fingerprint density at radius 2 is 2.07 bits per heavy atom. The number of rotatable bonds is 1. The monoisotopic (exact) mass is 230 g/mol. The highest BCUT2D eigenvalue weighted by molar-refractivity contribution is 6.23. The fraction of sp³-hybridized carbons (Fsp3) is 0.600. The van der Waals surface area contributed by atoms with E-state index in [4.69, 9.17) is 23.2 Å². The first kappa shape index (κ1) is 10.2. The fourth-order valence-electron chi connectivity index (χ4n) is 1.95. The minimum absolute atomic E-state index is 0.189. The van der Waals surface area contributed by atoms with Crippen LogP contribution in [-0.4, -0.2) is 21.0 Å². The SMILES string of the molecule is ClC1CCC(Cl)C(c2ccnnc2)C1. The van der Waals surface area contributed by atoms with Crippen molar-refractivity contribution in [1.82, 2.24) is 10.2 Å². The van der Waals surface area contributed by atoms with E-state index in [1.807, 2.05) is 6.07 Å². The van der Waals surface area contributed by atoms with Gasteiger partial charge in [-0.1, -0.05) is 0 Å². The second-order valence-electron chi connectivity index (χ2n) is 3.71. The van der Waals surface area contributed by atoms with Crippen LogP contribution in [-0.2, 0) is 0 Å². The first-order chi connectivity index (χ1) is 6.77. The Balaban J connectivity index is 2.16. The third-order valence-electron chi connectivity index (χ3n) is 2.74. The van der Waals surface area contributed by atoms with Gasteiger partial charge in [0.25, 0.3) is 0 Å². The normalized spacial score (nSPS) is 32.9. The van der Waals surface area contributed by atoms with Crippen molar-refractivity contribution in [2.75, 3.05) is 0 Å². The third-order valence-corrected chi connectivity index (χ3v) is 3.66. The molecule has 1 aromatic heterocycles. The van der Waals surface area contributed by atoms with Crippen LogP contribution in [0.2, 0.25) is 0 Å². The van der Waals surface area contributed by atoms with E-state index in [1.54, 1.807) is 12.4 Å². The first-order valence-electron chi connectivity index (χ1n) is 4.82. The molecule has 1 aromatic rings. The van der Waals surface area contributed by atoms with Gasteiger partial charge >= 0.3 is 0 Å². The van der Waals surface area contributed by atoms with Crippen LogP contribution < -0.4 is 0 Å². The van der Waals surface area contributed by atoms with Crippen LogP contribution in [0.25, 0.3) is 0 Å². The number of alkyl halides is 2. The molecular formula is C10H12Cl2N2. The van der Waals surface area contributed by atoms with Crippen LogP contribution in [0, 0.1) is 0 Å².